The monoisotopic (exact) mass is 403 g/mol. The molecule has 1 aliphatic carbocycles. The number of esters is 1. The summed E-state index contributed by atoms with van der Waals surface area (Å²) in [6.45, 7) is 2.06. The number of thiophene rings is 2. The molecule has 3 rings (SSSR count). The lowest BCUT2D eigenvalue weighted by Crippen LogP contribution is -2.15. The van der Waals surface area contributed by atoms with Gasteiger partial charge in [0.2, 0.25) is 0 Å². The van der Waals surface area contributed by atoms with Crippen LogP contribution in [0.4, 0.5) is 5.00 Å². The van der Waals surface area contributed by atoms with Gasteiger partial charge in [-0.05, 0) is 44.2 Å². The first-order valence-corrected chi connectivity index (χ1v) is 9.98. The molecule has 0 aliphatic heterocycles. The topological polar surface area (TPSA) is 55.4 Å². The Hall–Kier alpha value is -1.08. The number of halogens is 2. The number of carbonyl (C=O) groups is 2. The van der Waals surface area contributed by atoms with Crippen LogP contribution >= 0.6 is 45.9 Å². The van der Waals surface area contributed by atoms with E-state index in [0.717, 1.165) is 47.5 Å². The SMILES string of the molecule is CCOC(=O)c1c(NC(=O)c2cc(Cl)sc2Cl)sc2c1CCCC2. The zero-order valence-electron chi connectivity index (χ0n) is 12.9. The molecule has 1 amide bonds. The van der Waals surface area contributed by atoms with Crippen molar-refractivity contribution in [3.63, 3.8) is 0 Å². The molecule has 0 aromatic carbocycles. The molecular weight excluding hydrogens is 389 g/mol. The number of hydrogen-bond acceptors (Lipinski definition) is 5. The molecule has 1 N–H and O–H groups in total. The number of carbonyl (C=O) groups excluding carboxylic acids is 2. The first kappa shape index (κ1) is 17.7. The van der Waals surface area contributed by atoms with E-state index in [9.17, 15) is 9.59 Å². The fourth-order valence-corrected chi connectivity index (χ4v) is 5.47. The lowest BCUT2D eigenvalue weighted by Gasteiger charge is -2.12. The maximum atomic E-state index is 12.5. The van der Waals surface area contributed by atoms with Crippen LogP contribution in [0.1, 0.15) is 50.9 Å². The van der Waals surface area contributed by atoms with Gasteiger partial charge in [-0.1, -0.05) is 23.2 Å². The molecule has 0 saturated carbocycles. The third-order valence-electron chi connectivity index (χ3n) is 3.78. The third-order valence-corrected chi connectivity index (χ3v) is 6.47. The van der Waals surface area contributed by atoms with E-state index in [4.69, 9.17) is 27.9 Å². The largest absolute Gasteiger partial charge is 0.462 e. The normalized spacial score (nSPS) is 13.5. The lowest BCUT2D eigenvalue weighted by molar-refractivity contribution is 0.0526. The van der Waals surface area contributed by atoms with Crippen LogP contribution in [-0.4, -0.2) is 18.5 Å². The maximum Gasteiger partial charge on any atom is 0.341 e. The van der Waals surface area contributed by atoms with Crippen molar-refractivity contribution in [1.82, 2.24) is 0 Å². The van der Waals surface area contributed by atoms with Crippen molar-refractivity contribution in [2.24, 2.45) is 0 Å². The van der Waals surface area contributed by atoms with Gasteiger partial charge in [-0.15, -0.1) is 22.7 Å². The Kier molecular flexibility index (Phi) is 5.49. The standard InChI is InChI=1S/C16H15Cl2NO3S2/c1-2-22-16(21)12-8-5-3-4-6-10(8)23-15(12)19-14(20)9-7-11(17)24-13(9)18/h7H,2-6H2,1H3,(H,19,20). The highest BCUT2D eigenvalue weighted by Crippen LogP contribution is 2.39. The van der Waals surface area contributed by atoms with Crippen molar-refractivity contribution < 1.29 is 14.3 Å². The average Bonchev–Trinajstić information content (AvgIpc) is 3.06. The lowest BCUT2D eigenvalue weighted by atomic mass is 9.95. The number of amides is 1. The molecule has 8 heteroatoms. The Morgan fingerprint density at radius 3 is 2.67 bits per heavy atom. The molecule has 4 nitrogen and oxygen atoms in total. The second-order valence-electron chi connectivity index (χ2n) is 5.33. The Morgan fingerprint density at radius 1 is 1.25 bits per heavy atom. The summed E-state index contributed by atoms with van der Waals surface area (Å²) in [5, 5.41) is 3.35. The Balaban J connectivity index is 1.95. The van der Waals surface area contributed by atoms with Crippen LogP contribution in [0.2, 0.25) is 8.67 Å². The number of nitrogens with one attached hydrogen (secondary N) is 1. The molecule has 0 fully saturated rings. The highest BCUT2D eigenvalue weighted by Gasteiger charge is 2.28. The quantitative estimate of drug-likeness (QED) is 0.692. The first-order valence-electron chi connectivity index (χ1n) is 7.59. The molecule has 128 valence electrons. The summed E-state index contributed by atoms with van der Waals surface area (Å²) in [5.74, 6) is -0.756. The van der Waals surface area contributed by atoms with Crippen molar-refractivity contribution in [3.05, 3.63) is 36.3 Å². The van der Waals surface area contributed by atoms with Gasteiger partial charge in [-0.3, -0.25) is 4.79 Å². The maximum absolute atomic E-state index is 12.5. The second-order valence-corrected chi connectivity index (χ2v) is 8.72. The van der Waals surface area contributed by atoms with Crippen molar-refractivity contribution in [2.45, 2.75) is 32.6 Å². The van der Waals surface area contributed by atoms with Gasteiger partial charge in [0.15, 0.2) is 0 Å². The number of fused-ring (bicyclic) bond motifs is 1. The van der Waals surface area contributed by atoms with E-state index >= 15 is 0 Å². The zero-order valence-corrected chi connectivity index (χ0v) is 16.1. The predicted molar refractivity (Wildman–Crippen MR) is 99.2 cm³/mol. The van der Waals surface area contributed by atoms with E-state index in [1.54, 1.807) is 6.92 Å². The highest BCUT2D eigenvalue weighted by molar-refractivity contribution is 7.20. The Bertz CT molecular complexity index is 798. The van der Waals surface area contributed by atoms with E-state index < -0.39 is 0 Å². The van der Waals surface area contributed by atoms with Gasteiger partial charge < -0.3 is 10.1 Å². The van der Waals surface area contributed by atoms with Gasteiger partial charge in [0.1, 0.15) is 9.34 Å². The molecule has 2 aromatic rings. The minimum absolute atomic E-state index is 0.294. The van der Waals surface area contributed by atoms with Crippen LogP contribution < -0.4 is 5.32 Å². The predicted octanol–water partition coefficient (Wildman–Crippen LogP) is 5.42. The van der Waals surface area contributed by atoms with E-state index in [0.29, 0.717) is 31.4 Å². The smallest absolute Gasteiger partial charge is 0.341 e. The van der Waals surface area contributed by atoms with Crippen LogP contribution in [0.25, 0.3) is 0 Å². The molecule has 0 spiro atoms. The van der Waals surface area contributed by atoms with Gasteiger partial charge in [0, 0.05) is 4.88 Å². The molecule has 0 radical (unpaired) electrons. The number of aryl methyl sites for hydroxylation is 1. The summed E-state index contributed by atoms with van der Waals surface area (Å²) in [5.41, 5.74) is 1.81. The third kappa shape index (κ3) is 3.47. The van der Waals surface area contributed by atoms with Crippen LogP contribution in [0.5, 0.6) is 0 Å². The van der Waals surface area contributed by atoms with Crippen molar-refractivity contribution in [2.75, 3.05) is 11.9 Å². The van der Waals surface area contributed by atoms with Crippen molar-refractivity contribution in [1.29, 1.82) is 0 Å². The summed E-state index contributed by atoms with van der Waals surface area (Å²) >= 11 is 14.5. The molecule has 0 atom stereocenters. The second kappa shape index (κ2) is 7.44. The minimum Gasteiger partial charge on any atom is -0.462 e. The van der Waals surface area contributed by atoms with Crippen LogP contribution in [-0.2, 0) is 17.6 Å². The molecular formula is C16H15Cl2NO3S2. The fraction of sp³-hybridized carbons (Fsp3) is 0.375. The number of ether oxygens (including phenoxy) is 1. The van der Waals surface area contributed by atoms with E-state index in [1.165, 1.54) is 17.4 Å². The molecule has 1 aliphatic rings. The van der Waals surface area contributed by atoms with Crippen LogP contribution in [0, 0.1) is 0 Å². The van der Waals surface area contributed by atoms with E-state index in [-0.39, 0.29) is 11.9 Å². The summed E-state index contributed by atoms with van der Waals surface area (Å²) < 4.78 is 5.96. The molecule has 2 heterocycles. The zero-order chi connectivity index (χ0) is 17.3. The number of rotatable bonds is 4. The molecule has 0 bridgehead atoms. The van der Waals surface area contributed by atoms with Crippen LogP contribution in [0.15, 0.2) is 6.07 Å². The highest BCUT2D eigenvalue weighted by atomic mass is 35.5. The van der Waals surface area contributed by atoms with Gasteiger partial charge in [0.05, 0.1) is 22.1 Å². The summed E-state index contributed by atoms with van der Waals surface area (Å²) in [6, 6.07) is 1.53. The van der Waals surface area contributed by atoms with Crippen LogP contribution in [0.3, 0.4) is 0 Å². The average molecular weight is 404 g/mol. The molecule has 0 unspecified atom stereocenters. The number of hydrogen-bond donors (Lipinski definition) is 1. The molecule has 2 aromatic heterocycles. The summed E-state index contributed by atoms with van der Waals surface area (Å²) in [7, 11) is 0. The van der Waals surface area contributed by atoms with Gasteiger partial charge in [0.25, 0.3) is 5.91 Å². The number of anilines is 1. The van der Waals surface area contributed by atoms with E-state index in [1.807, 2.05) is 0 Å². The fourth-order valence-electron chi connectivity index (χ4n) is 2.74. The van der Waals surface area contributed by atoms with Crippen molar-refractivity contribution in [3.8, 4) is 0 Å². The van der Waals surface area contributed by atoms with Gasteiger partial charge in [-0.25, -0.2) is 4.79 Å². The first-order chi connectivity index (χ1) is 11.5. The van der Waals surface area contributed by atoms with Gasteiger partial charge in [-0.2, -0.15) is 0 Å². The van der Waals surface area contributed by atoms with Crippen molar-refractivity contribution >= 4 is 62.8 Å². The molecule has 24 heavy (non-hydrogen) atoms. The summed E-state index contributed by atoms with van der Waals surface area (Å²) in [6.07, 6.45) is 3.89. The summed E-state index contributed by atoms with van der Waals surface area (Å²) in [4.78, 5) is 26.0. The molecule has 0 saturated heterocycles. The van der Waals surface area contributed by atoms with E-state index in [2.05, 4.69) is 5.32 Å². The Morgan fingerprint density at radius 2 is 2.00 bits per heavy atom. The van der Waals surface area contributed by atoms with Gasteiger partial charge >= 0.3 is 5.97 Å². The minimum atomic E-state index is -0.387. The Labute approximate surface area is 157 Å².